The molecule has 0 saturated carbocycles. The average Bonchev–Trinajstić information content (AvgIpc) is 2.38. The van der Waals surface area contributed by atoms with Gasteiger partial charge in [0.05, 0.1) is 0 Å². The first kappa shape index (κ1) is 14.4. The molecule has 0 aliphatic rings. The van der Waals surface area contributed by atoms with Gasteiger partial charge in [-0.15, -0.1) is 4.91 Å². The first-order chi connectivity index (χ1) is 8.99. The van der Waals surface area contributed by atoms with E-state index in [0.29, 0.717) is 11.3 Å². The third-order valence-electron chi connectivity index (χ3n) is 2.26. The highest BCUT2D eigenvalue weighted by Crippen LogP contribution is 2.13. The molecule has 0 saturated heterocycles. The molecular weight excluding hydrogens is 250 g/mol. The highest BCUT2D eigenvalue weighted by atomic mass is 16.3. The highest BCUT2D eigenvalue weighted by molar-refractivity contribution is 6.04. The molecule has 0 heterocycles. The topological polar surface area (TPSA) is 108 Å². The van der Waals surface area contributed by atoms with E-state index in [9.17, 15) is 14.5 Å². The summed E-state index contributed by atoms with van der Waals surface area (Å²) >= 11 is 0. The number of amides is 2. The van der Waals surface area contributed by atoms with E-state index in [1.165, 1.54) is 20.0 Å². The van der Waals surface area contributed by atoms with Crippen molar-refractivity contribution in [1.82, 2.24) is 5.32 Å². The molecule has 1 aromatic rings. The molecule has 0 bridgehead atoms. The van der Waals surface area contributed by atoms with Crippen molar-refractivity contribution in [3.63, 3.8) is 0 Å². The fourth-order valence-electron chi connectivity index (χ4n) is 1.34. The maximum atomic E-state index is 11.6. The summed E-state index contributed by atoms with van der Waals surface area (Å²) in [6, 6.07) is 6.12. The second-order valence-electron chi connectivity index (χ2n) is 3.64. The zero-order chi connectivity index (χ0) is 14.4. The smallest absolute Gasteiger partial charge is 0.281 e. The molecule has 100 valence electrons. The summed E-state index contributed by atoms with van der Waals surface area (Å²) in [6.07, 6.45) is 0. The molecule has 2 amide bonds. The monoisotopic (exact) mass is 263 g/mol. The fraction of sp³-hybridized carbons (Fsp3) is 0.167. The van der Waals surface area contributed by atoms with E-state index in [1.54, 1.807) is 18.2 Å². The van der Waals surface area contributed by atoms with Gasteiger partial charge in [-0.3, -0.25) is 9.59 Å². The zero-order valence-corrected chi connectivity index (χ0v) is 10.4. The number of allylic oxidation sites excluding steroid dienone is 1. The Bertz CT molecular complexity index is 548. The number of nitroso groups, excluding NO2 is 1. The third-order valence-corrected chi connectivity index (χ3v) is 2.26. The highest BCUT2D eigenvalue weighted by Gasteiger charge is 2.14. The van der Waals surface area contributed by atoms with Gasteiger partial charge >= 0.3 is 0 Å². The van der Waals surface area contributed by atoms with Crippen LogP contribution < -0.4 is 10.6 Å². The molecule has 0 fully saturated rings. The van der Waals surface area contributed by atoms with Gasteiger partial charge in [0, 0.05) is 18.3 Å². The van der Waals surface area contributed by atoms with Gasteiger partial charge in [0.15, 0.2) is 0 Å². The van der Waals surface area contributed by atoms with E-state index in [2.05, 4.69) is 15.8 Å². The number of aliphatic hydroxyl groups is 1. The van der Waals surface area contributed by atoms with E-state index in [4.69, 9.17) is 5.11 Å². The average molecular weight is 263 g/mol. The van der Waals surface area contributed by atoms with Gasteiger partial charge < -0.3 is 15.7 Å². The van der Waals surface area contributed by atoms with Crippen LogP contribution in [0.25, 0.3) is 0 Å². The molecule has 7 heteroatoms. The lowest BCUT2D eigenvalue weighted by atomic mass is 10.2. The van der Waals surface area contributed by atoms with Crippen LogP contribution in [0.15, 0.2) is 40.9 Å². The van der Waals surface area contributed by atoms with Gasteiger partial charge in [-0.1, -0.05) is 6.07 Å². The molecule has 0 spiro atoms. The van der Waals surface area contributed by atoms with Gasteiger partial charge in [0.2, 0.25) is 5.70 Å². The molecule has 0 atom stereocenters. The molecule has 3 N–H and O–H groups in total. The minimum Gasteiger partial charge on any atom is -0.510 e. The zero-order valence-electron chi connectivity index (χ0n) is 10.4. The molecular formula is C12H13N3O4. The number of nitrogens with zero attached hydrogens (tertiary/aromatic N) is 1. The van der Waals surface area contributed by atoms with E-state index in [0.717, 1.165) is 0 Å². The first-order valence-corrected chi connectivity index (χ1v) is 5.36. The number of rotatable bonds is 4. The van der Waals surface area contributed by atoms with Gasteiger partial charge in [0.25, 0.3) is 11.8 Å². The van der Waals surface area contributed by atoms with Gasteiger partial charge in [-0.25, -0.2) is 0 Å². The van der Waals surface area contributed by atoms with Crippen LogP contribution in [-0.4, -0.2) is 24.0 Å². The number of hydrogen-bond acceptors (Lipinski definition) is 5. The fourth-order valence-corrected chi connectivity index (χ4v) is 1.34. The Morgan fingerprint density at radius 1 is 1.32 bits per heavy atom. The van der Waals surface area contributed by atoms with E-state index in [-0.39, 0.29) is 5.91 Å². The van der Waals surface area contributed by atoms with Crippen LogP contribution in [0.2, 0.25) is 0 Å². The molecule has 7 nitrogen and oxygen atoms in total. The van der Waals surface area contributed by atoms with E-state index < -0.39 is 17.4 Å². The first-order valence-electron chi connectivity index (χ1n) is 5.36. The Balaban J connectivity index is 2.95. The normalized spacial score (nSPS) is 11.3. The summed E-state index contributed by atoms with van der Waals surface area (Å²) < 4.78 is 0. The molecule has 0 radical (unpaired) electrons. The molecule has 0 unspecified atom stereocenters. The molecule has 0 aromatic heterocycles. The predicted octanol–water partition coefficient (Wildman–Crippen LogP) is 1.54. The minimum atomic E-state index is -0.843. The number of nitrogens with one attached hydrogen (secondary N) is 2. The minimum absolute atomic E-state index is 0.307. The lowest BCUT2D eigenvalue weighted by Gasteiger charge is -2.06. The summed E-state index contributed by atoms with van der Waals surface area (Å²) in [6.45, 7) is 1.18. The molecule has 1 aromatic carbocycles. The third kappa shape index (κ3) is 3.63. The van der Waals surface area contributed by atoms with Gasteiger partial charge in [-0.05, 0) is 30.3 Å². The van der Waals surface area contributed by atoms with Crippen molar-refractivity contribution >= 4 is 17.5 Å². The summed E-state index contributed by atoms with van der Waals surface area (Å²) in [5, 5.41) is 16.4. The maximum Gasteiger partial charge on any atom is 0.281 e. The standard InChI is InChI=1S/C12H13N3O4/c1-7(16)10(15-19)12(18)14-9-5-3-4-8(6-9)11(17)13-2/h3-6,16H,1-2H3,(H,13,17)(H,14,18)/b10-7+. The van der Waals surface area contributed by atoms with Crippen molar-refractivity contribution in [3.05, 3.63) is 46.2 Å². The van der Waals surface area contributed by atoms with Crippen LogP contribution in [-0.2, 0) is 4.79 Å². The second-order valence-corrected chi connectivity index (χ2v) is 3.64. The summed E-state index contributed by atoms with van der Waals surface area (Å²) in [5.74, 6) is -1.63. The number of hydrogen-bond donors (Lipinski definition) is 3. The van der Waals surface area contributed by atoms with Crippen molar-refractivity contribution in [3.8, 4) is 0 Å². The lowest BCUT2D eigenvalue weighted by molar-refractivity contribution is -0.113. The predicted molar refractivity (Wildman–Crippen MR) is 69.6 cm³/mol. The van der Waals surface area contributed by atoms with Crippen LogP contribution in [0.5, 0.6) is 0 Å². The Hall–Kier alpha value is -2.70. The number of carbonyl (C=O) groups excluding carboxylic acids is 2. The van der Waals surface area contributed by atoms with E-state index in [1.807, 2.05) is 0 Å². The Kier molecular flexibility index (Phi) is 4.76. The molecule has 1 rings (SSSR count). The SMILES string of the molecule is CNC(=O)c1cccc(NC(=O)/C(N=O)=C(/C)O)c1. The second kappa shape index (κ2) is 6.29. The van der Waals surface area contributed by atoms with E-state index >= 15 is 0 Å². The quantitative estimate of drug-likeness (QED) is 0.435. The van der Waals surface area contributed by atoms with Crippen molar-refractivity contribution in [2.75, 3.05) is 12.4 Å². The molecule has 0 aliphatic heterocycles. The van der Waals surface area contributed by atoms with Gasteiger partial charge in [-0.2, -0.15) is 0 Å². The van der Waals surface area contributed by atoms with Crippen molar-refractivity contribution < 1.29 is 14.7 Å². The largest absolute Gasteiger partial charge is 0.510 e. The van der Waals surface area contributed by atoms with Crippen molar-refractivity contribution in [2.24, 2.45) is 5.18 Å². The van der Waals surface area contributed by atoms with Gasteiger partial charge in [0.1, 0.15) is 5.76 Å². The van der Waals surface area contributed by atoms with Crippen LogP contribution in [0, 0.1) is 4.91 Å². The number of aliphatic hydroxyl groups excluding tert-OH is 1. The Labute approximate surface area is 109 Å². The van der Waals surface area contributed by atoms with Crippen molar-refractivity contribution in [2.45, 2.75) is 6.92 Å². The number of anilines is 1. The Morgan fingerprint density at radius 2 is 2.00 bits per heavy atom. The summed E-state index contributed by atoms with van der Waals surface area (Å²) in [4.78, 5) is 33.4. The summed E-state index contributed by atoms with van der Waals surface area (Å²) in [7, 11) is 1.49. The molecule has 0 aliphatic carbocycles. The number of carbonyl (C=O) groups is 2. The van der Waals surface area contributed by atoms with Crippen molar-refractivity contribution in [1.29, 1.82) is 0 Å². The lowest BCUT2D eigenvalue weighted by Crippen LogP contribution is -2.19. The van der Waals surface area contributed by atoms with Crippen LogP contribution in [0.3, 0.4) is 0 Å². The molecule has 19 heavy (non-hydrogen) atoms. The Morgan fingerprint density at radius 3 is 2.53 bits per heavy atom. The summed E-state index contributed by atoms with van der Waals surface area (Å²) in [5.41, 5.74) is 0.0597. The maximum absolute atomic E-state index is 11.6. The van der Waals surface area contributed by atoms with Crippen LogP contribution in [0.1, 0.15) is 17.3 Å². The number of benzene rings is 1. The van der Waals surface area contributed by atoms with Crippen LogP contribution >= 0.6 is 0 Å². The van der Waals surface area contributed by atoms with Crippen LogP contribution in [0.4, 0.5) is 5.69 Å².